The monoisotopic (exact) mass is 387 g/mol. The Balaban J connectivity index is 1.74. The summed E-state index contributed by atoms with van der Waals surface area (Å²) < 4.78 is 0. The fourth-order valence-electron chi connectivity index (χ4n) is 2.25. The number of carbonyl (C=O) groups is 2. The van der Waals surface area contributed by atoms with Crippen molar-refractivity contribution in [3.05, 3.63) is 58.4 Å². The molecule has 1 aromatic heterocycles. The smallest absolute Gasteiger partial charge is 0.261 e. The van der Waals surface area contributed by atoms with Gasteiger partial charge in [0.1, 0.15) is 5.75 Å². The van der Waals surface area contributed by atoms with Crippen LogP contribution in [0.2, 0.25) is 5.02 Å². The molecule has 8 heteroatoms. The highest BCUT2D eigenvalue weighted by Gasteiger charge is 2.14. The molecule has 26 heavy (non-hydrogen) atoms. The summed E-state index contributed by atoms with van der Waals surface area (Å²) in [7, 11) is 0. The molecular weight excluding hydrogens is 374 g/mol. The number of carbonyl (C=O) groups excluding carboxylic acids is 2. The minimum Gasteiger partial charge on any atom is -0.507 e. The van der Waals surface area contributed by atoms with E-state index in [1.807, 2.05) is 12.1 Å². The number of benzene rings is 2. The number of hydrogen-bond acceptors (Lipinski definition) is 5. The van der Waals surface area contributed by atoms with Crippen molar-refractivity contribution in [3.8, 4) is 17.0 Å². The minimum absolute atomic E-state index is 0.0777. The third-order valence-corrected chi connectivity index (χ3v) is 4.42. The first kappa shape index (κ1) is 17.9. The number of nitrogens with zero attached hydrogens (tertiary/aromatic N) is 1. The number of amides is 2. The Bertz CT molecular complexity index is 970. The topological polar surface area (TPSA) is 91.3 Å². The van der Waals surface area contributed by atoms with Crippen LogP contribution in [0.1, 0.15) is 17.3 Å². The van der Waals surface area contributed by atoms with Crippen LogP contribution in [-0.2, 0) is 4.79 Å². The van der Waals surface area contributed by atoms with Crippen LogP contribution in [-0.4, -0.2) is 21.9 Å². The Morgan fingerprint density at radius 3 is 2.54 bits per heavy atom. The standard InChI is InChI=1S/C18H14ClN3O3S/c1-10(23)20-13-5-2-11(3-6-13)15-9-26-18(21-15)22-17(25)14-8-12(19)4-7-16(14)24/h2-9,24H,1H3,(H,20,23)(H,21,22,25). The first-order valence-corrected chi connectivity index (χ1v) is 8.81. The summed E-state index contributed by atoms with van der Waals surface area (Å²) in [5.74, 6) is -0.787. The summed E-state index contributed by atoms with van der Waals surface area (Å²) in [5, 5.41) is 17.7. The molecule has 2 aromatic carbocycles. The molecule has 0 aliphatic heterocycles. The maximum absolute atomic E-state index is 12.3. The molecule has 0 unspecified atom stereocenters. The average Bonchev–Trinajstić information content (AvgIpc) is 3.05. The second-order valence-electron chi connectivity index (χ2n) is 5.41. The average molecular weight is 388 g/mol. The molecule has 0 atom stereocenters. The summed E-state index contributed by atoms with van der Waals surface area (Å²) in [4.78, 5) is 27.7. The maximum Gasteiger partial charge on any atom is 0.261 e. The number of aromatic nitrogens is 1. The Hall–Kier alpha value is -2.90. The Morgan fingerprint density at radius 2 is 1.85 bits per heavy atom. The molecule has 3 N–H and O–H groups in total. The Morgan fingerprint density at radius 1 is 1.12 bits per heavy atom. The number of rotatable bonds is 4. The summed E-state index contributed by atoms with van der Waals surface area (Å²) in [5.41, 5.74) is 2.31. The minimum atomic E-state index is -0.494. The maximum atomic E-state index is 12.3. The van der Waals surface area contributed by atoms with Gasteiger partial charge in [0.25, 0.3) is 5.91 Å². The summed E-state index contributed by atoms with van der Waals surface area (Å²) in [6, 6.07) is 11.5. The van der Waals surface area contributed by atoms with Gasteiger partial charge in [0.05, 0.1) is 11.3 Å². The van der Waals surface area contributed by atoms with Crippen molar-refractivity contribution in [2.45, 2.75) is 6.92 Å². The van der Waals surface area contributed by atoms with Crippen LogP contribution in [0.3, 0.4) is 0 Å². The predicted molar refractivity (Wildman–Crippen MR) is 103 cm³/mol. The Labute approximate surface area is 158 Å². The zero-order valence-corrected chi connectivity index (χ0v) is 15.2. The second kappa shape index (κ2) is 7.55. The lowest BCUT2D eigenvalue weighted by molar-refractivity contribution is -0.114. The van der Waals surface area contributed by atoms with E-state index in [2.05, 4.69) is 15.6 Å². The van der Waals surface area contributed by atoms with Crippen LogP contribution in [0.4, 0.5) is 10.8 Å². The first-order chi connectivity index (χ1) is 12.4. The van der Waals surface area contributed by atoms with E-state index in [0.717, 1.165) is 5.56 Å². The zero-order valence-electron chi connectivity index (χ0n) is 13.6. The van der Waals surface area contributed by atoms with Crippen LogP contribution in [0, 0.1) is 0 Å². The lowest BCUT2D eigenvalue weighted by Crippen LogP contribution is -2.11. The van der Waals surface area contributed by atoms with Crippen molar-refractivity contribution in [1.82, 2.24) is 4.98 Å². The molecule has 2 amide bonds. The number of thiazole rings is 1. The highest BCUT2D eigenvalue weighted by atomic mass is 35.5. The number of hydrogen-bond donors (Lipinski definition) is 3. The summed E-state index contributed by atoms with van der Waals surface area (Å²) >= 11 is 7.13. The molecule has 6 nitrogen and oxygen atoms in total. The molecule has 132 valence electrons. The van der Waals surface area contributed by atoms with Crippen LogP contribution in [0.15, 0.2) is 47.8 Å². The van der Waals surface area contributed by atoms with Gasteiger partial charge < -0.3 is 10.4 Å². The lowest BCUT2D eigenvalue weighted by Gasteiger charge is -2.05. The van der Waals surface area contributed by atoms with Crippen molar-refractivity contribution in [2.24, 2.45) is 0 Å². The van der Waals surface area contributed by atoms with Crippen molar-refractivity contribution >= 4 is 45.6 Å². The predicted octanol–water partition coefficient (Wildman–Crippen LogP) is 4.38. The third-order valence-electron chi connectivity index (χ3n) is 3.43. The molecule has 3 aromatic rings. The number of halogens is 1. The Kier molecular flexibility index (Phi) is 5.20. The van der Waals surface area contributed by atoms with Gasteiger partial charge in [-0.3, -0.25) is 14.9 Å². The van der Waals surface area contributed by atoms with Crippen molar-refractivity contribution in [3.63, 3.8) is 0 Å². The molecule has 0 aliphatic carbocycles. The molecule has 0 saturated heterocycles. The van der Waals surface area contributed by atoms with Gasteiger partial charge in [0.15, 0.2) is 5.13 Å². The van der Waals surface area contributed by atoms with E-state index >= 15 is 0 Å². The first-order valence-electron chi connectivity index (χ1n) is 7.56. The summed E-state index contributed by atoms with van der Waals surface area (Å²) in [6.07, 6.45) is 0. The van der Waals surface area contributed by atoms with E-state index < -0.39 is 5.91 Å². The van der Waals surface area contributed by atoms with Crippen LogP contribution < -0.4 is 10.6 Å². The molecule has 0 spiro atoms. The highest BCUT2D eigenvalue weighted by molar-refractivity contribution is 7.14. The number of anilines is 2. The molecule has 0 bridgehead atoms. The van der Waals surface area contributed by atoms with Crippen molar-refractivity contribution in [1.29, 1.82) is 0 Å². The fraction of sp³-hybridized carbons (Fsp3) is 0.0556. The number of phenols is 1. The van der Waals surface area contributed by atoms with Crippen molar-refractivity contribution in [2.75, 3.05) is 10.6 Å². The number of aromatic hydroxyl groups is 1. The van der Waals surface area contributed by atoms with Crippen molar-refractivity contribution < 1.29 is 14.7 Å². The quantitative estimate of drug-likeness (QED) is 0.619. The molecule has 0 aliphatic rings. The van der Waals surface area contributed by atoms with E-state index in [-0.39, 0.29) is 17.2 Å². The lowest BCUT2D eigenvalue weighted by atomic mass is 10.1. The molecule has 0 fully saturated rings. The second-order valence-corrected chi connectivity index (χ2v) is 6.71. The SMILES string of the molecule is CC(=O)Nc1ccc(-c2csc(NC(=O)c3cc(Cl)ccc3O)n2)cc1. The third kappa shape index (κ3) is 4.19. The van der Waals surface area contributed by atoms with E-state index in [1.165, 1.54) is 36.5 Å². The van der Waals surface area contributed by atoms with Gasteiger partial charge in [-0.25, -0.2) is 4.98 Å². The van der Waals surface area contributed by atoms with E-state index in [0.29, 0.717) is 21.5 Å². The van der Waals surface area contributed by atoms with E-state index in [4.69, 9.17) is 11.6 Å². The molecule has 1 heterocycles. The largest absolute Gasteiger partial charge is 0.507 e. The number of nitrogens with one attached hydrogen (secondary N) is 2. The van der Waals surface area contributed by atoms with Crippen LogP contribution in [0.25, 0.3) is 11.3 Å². The molecule has 3 rings (SSSR count). The van der Waals surface area contributed by atoms with Crippen LogP contribution in [0.5, 0.6) is 5.75 Å². The van der Waals surface area contributed by atoms with Gasteiger partial charge in [0, 0.05) is 28.6 Å². The number of phenolic OH excluding ortho intramolecular Hbond substituents is 1. The van der Waals surface area contributed by atoms with Gasteiger partial charge in [-0.2, -0.15) is 0 Å². The van der Waals surface area contributed by atoms with Gasteiger partial charge in [0.2, 0.25) is 5.91 Å². The highest BCUT2D eigenvalue weighted by Crippen LogP contribution is 2.27. The van der Waals surface area contributed by atoms with E-state index in [1.54, 1.807) is 17.5 Å². The van der Waals surface area contributed by atoms with E-state index in [9.17, 15) is 14.7 Å². The fourth-order valence-corrected chi connectivity index (χ4v) is 3.13. The van der Waals surface area contributed by atoms with Crippen LogP contribution >= 0.6 is 22.9 Å². The normalized spacial score (nSPS) is 10.4. The molecular formula is C18H14ClN3O3S. The molecule has 0 radical (unpaired) electrons. The van der Waals surface area contributed by atoms with Gasteiger partial charge >= 0.3 is 0 Å². The van der Waals surface area contributed by atoms with Gasteiger partial charge in [-0.1, -0.05) is 23.7 Å². The van der Waals surface area contributed by atoms with Gasteiger partial charge in [-0.15, -0.1) is 11.3 Å². The summed E-state index contributed by atoms with van der Waals surface area (Å²) in [6.45, 7) is 1.45. The molecule has 0 saturated carbocycles. The zero-order chi connectivity index (χ0) is 18.7. The van der Waals surface area contributed by atoms with Gasteiger partial charge in [-0.05, 0) is 30.3 Å².